The van der Waals surface area contributed by atoms with E-state index in [0.717, 1.165) is 51.4 Å². The number of likely N-dealkylation sites (N-methyl/N-ethyl adjacent to an activating group) is 1. The van der Waals surface area contributed by atoms with Gasteiger partial charge in [0.1, 0.15) is 13.2 Å². The Morgan fingerprint density at radius 3 is 1.47 bits per heavy atom. The molecule has 0 spiro atoms. The van der Waals surface area contributed by atoms with Gasteiger partial charge in [0.15, 0.2) is 0 Å². The minimum absolute atomic E-state index is 0.0761. The molecule has 350 valence electrons. The van der Waals surface area contributed by atoms with Gasteiger partial charge in [0, 0.05) is 6.42 Å². The zero-order valence-electron chi connectivity index (χ0n) is 39.8. The van der Waals surface area contributed by atoms with Crippen LogP contribution in [-0.2, 0) is 18.4 Å². The van der Waals surface area contributed by atoms with E-state index in [0.29, 0.717) is 23.9 Å². The number of aliphatic hydroxyl groups excluding tert-OH is 1. The zero-order valence-corrected chi connectivity index (χ0v) is 40.7. The van der Waals surface area contributed by atoms with Crippen LogP contribution in [0.1, 0.15) is 239 Å². The number of phosphoric ester groups is 1. The van der Waals surface area contributed by atoms with Crippen LogP contribution in [0, 0.1) is 0 Å². The highest BCUT2D eigenvalue weighted by atomic mass is 31.2. The third-order valence-corrected chi connectivity index (χ3v) is 12.4. The van der Waals surface area contributed by atoms with E-state index in [2.05, 4.69) is 43.5 Å². The molecule has 0 saturated carbocycles. The maximum absolute atomic E-state index is 12.9. The lowest BCUT2D eigenvalue weighted by atomic mass is 10.0. The summed E-state index contributed by atoms with van der Waals surface area (Å²) in [6.07, 6.45) is 50.7. The van der Waals surface area contributed by atoms with Gasteiger partial charge in [-0.05, 0) is 38.5 Å². The number of nitrogens with zero attached hydrogens (tertiary/aromatic N) is 1. The Bertz CT molecular complexity index is 1020. The number of hydrogen-bond donors (Lipinski definition) is 3. The number of rotatable bonds is 46. The smallest absolute Gasteiger partial charge is 0.391 e. The lowest BCUT2D eigenvalue weighted by Crippen LogP contribution is -2.46. The van der Waals surface area contributed by atoms with Gasteiger partial charge in [0.2, 0.25) is 5.91 Å². The number of amides is 1. The number of phosphoric acid groups is 1. The molecule has 0 aliphatic carbocycles. The van der Waals surface area contributed by atoms with Gasteiger partial charge in [-0.15, -0.1) is 0 Å². The molecule has 59 heavy (non-hydrogen) atoms. The molecule has 3 N–H and O–H groups in total. The Hall–Kier alpha value is -1.02. The molecule has 0 heterocycles. The molecule has 0 bridgehead atoms. The van der Waals surface area contributed by atoms with Crippen LogP contribution in [0.4, 0.5) is 0 Å². The van der Waals surface area contributed by atoms with Crippen molar-refractivity contribution in [2.24, 2.45) is 0 Å². The molecule has 3 unspecified atom stereocenters. The summed E-state index contributed by atoms with van der Waals surface area (Å²) >= 11 is 0. The first kappa shape index (κ1) is 58.0. The van der Waals surface area contributed by atoms with Gasteiger partial charge in [-0.3, -0.25) is 13.8 Å². The summed E-state index contributed by atoms with van der Waals surface area (Å²) in [5.41, 5.74) is 0. The van der Waals surface area contributed by atoms with Crippen molar-refractivity contribution in [3.63, 3.8) is 0 Å². The van der Waals surface area contributed by atoms with Crippen molar-refractivity contribution in [3.8, 4) is 0 Å². The predicted octanol–water partition coefficient (Wildman–Crippen LogP) is 14.5. The van der Waals surface area contributed by atoms with Crippen molar-refractivity contribution in [2.75, 3.05) is 40.9 Å². The Labute approximate surface area is 366 Å². The van der Waals surface area contributed by atoms with E-state index in [4.69, 9.17) is 9.05 Å². The normalized spacial score (nSPS) is 14.4. The second-order valence-electron chi connectivity index (χ2n) is 18.5. The van der Waals surface area contributed by atoms with E-state index in [9.17, 15) is 19.4 Å². The second-order valence-corrected chi connectivity index (χ2v) is 20.0. The van der Waals surface area contributed by atoms with Crippen molar-refractivity contribution >= 4 is 13.7 Å². The average molecular weight is 856 g/mol. The molecular weight excluding hydrogens is 756 g/mol. The van der Waals surface area contributed by atoms with Crippen LogP contribution in [0.25, 0.3) is 0 Å². The molecule has 0 fully saturated rings. The maximum atomic E-state index is 12.9. The lowest BCUT2D eigenvalue weighted by Gasteiger charge is -2.26. The number of unbranched alkanes of at least 4 members (excludes halogenated alkanes) is 29. The molecule has 0 rings (SSSR count). The number of allylic oxidation sites excluding steroid dienone is 4. The Kier molecular flexibility index (Phi) is 41.6. The van der Waals surface area contributed by atoms with E-state index >= 15 is 0 Å². The molecule has 0 saturated heterocycles. The van der Waals surface area contributed by atoms with E-state index in [1.165, 1.54) is 161 Å². The highest BCUT2D eigenvalue weighted by Gasteiger charge is 2.28. The summed E-state index contributed by atoms with van der Waals surface area (Å²) in [7, 11) is 1.62. The van der Waals surface area contributed by atoms with Crippen molar-refractivity contribution < 1.29 is 32.9 Å². The van der Waals surface area contributed by atoms with Crippen LogP contribution in [0.2, 0.25) is 0 Å². The van der Waals surface area contributed by atoms with Gasteiger partial charge >= 0.3 is 7.82 Å². The first-order valence-corrected chi connectivity index (χ1v) is 26.7. The number of carbonyl (C=O) groups is 1. The molecule has 3 atom stereocenters. The van der Waals surface area contributed by atoms with Crippen LogP contribution in [-0.4, -0.2) is 73.4 Å². The molecule has 0 radical (unpaired) electrons. The topological polar surface area (TPSA) is 105 Å². The fourth-order valence-corrected chi connectivity index (χ4v) is 8.23. The Morgan fingerprint density at radius 1 is 0.593 bits per heavy atom. The highest BCUT2D eigenvalue weighted by molar-refractivity contribution is 7.47. The summed E-state index contributed by atoms with van der Waals surface area (Å²) in [5.74, 6) is -0.143. The van der Waals surface area contributed by atoms with Crippen molar-refractivity contribution in [1.29, 1.82) is 0 Å². The summed E-state index contributed by atoms with van der Waals surface area (Å²) in [6.45, 7) is 4.81. The van der Waals surface area contributed by atoms with Gasteiger partial charge in [-0.1, -0.05) is 218 Å². The quantitative estimate of drug-likeness (QED) is 0.0244. The third-order valence-electron chi connectivity index (χ3n) is 11.5. The van der Waals surface area contributed by atoms with Gasteiger partial charge in [0.25, 0.3) is 0 Å². The van der Waals surface area contributed by atoms with Crippen LogP contribution >= 0.6 is 7.82 Å². The minimum atomic E-state index is -4.31. The van der Waals surface area contributed by atoms with Crippen LogP contribution in [0.3, 0.4) is 0 Å². The zero-order chi connectivity index (χ0) is 43.6. The van der Waals surface area contributed by atoms with Crippen molar-refractivity contribution in [3.05, 3.63) is 24.3 Å². The molecular formula is C50H100N2O6P+. The summed E-state index contributed by atoms with van der Waals surface area (Å²) in [6, 6.07) is -0.758. The summed E-state index contributed by atoms with van der Waals surface area (Å²) in [4.78, 5) is 23.2. The van der Waals surface area contributed by atoms with Crippen LogP contribution in [0.15, 0.2) is 24.3 Å². The SMILES string of the molecule is CC/C=C\C/C=C\CCCCCCCCCCCCCCCCC(=O)NC(COP(=O)(O)OCC[N+](C)(C)C)C(O)CCCCCCCCCCCCCCCCCC. The fourth-order valence-electron chi connectivity index (χ4n) is 7.50. The van der Waals surface area contributed by atoms with E-state index in [-0.39, 0.29) is 19.1 Å². The van der Waals surface area contributed by atoms with Gasteiger partial charge < -0.3 is 19.8 Å². The molecule has 0 aromatic carbocycles. The third kappa shape index (κ3) is 44.8. The van der Waals surface area contributed by atoms with Crippen molar-refractivity contribution in [2.45, 2.75) is 251 Å². The average Bonchev–Trinajstić information content (AvgIpc) is 3.19. The van der Waals surface area contributed by atoms with E-state index in [1.54, 1.807) is 0 Å². The largest absolute Gasteiger partial charge is 0.472 e. The molecule has 9 heteroatoms. The Balaban J connectivity index is 4.23. The molecule has 1 amide bonds. The lowest BCUT2D eigenvalue weighted by molar-refractivity contribution is -0.870. The molecule has 0 aliphatic heterocycles. The molecule has 0 aliphatic rings. The maximum Gasteiger partial charge on any atom is 0.472 e. The van der Waals surface area contributed by atoms with Crippen molar-refractivity contribution in [1.82, 2.24) is 5.32 Å². The van der Waals surface area contributed by atoms with E-state index in [1.807, 2.05) is 21.1 Å². The van der Waals surface area contributed by atoms with Gasteiger partial charge in [-0.25, -0.2) is 4.57 Å². The Morgan fingerprint density at radius 2 is 1.02 bits per heavy atom. The van der Waals surface area contributed by atoms with Crippen LogP contribution in [0.5, 0.6) is 0 Å². The van der Waals surface area contributed by atoms with Gasteiger partial charge in [-0.2, -0.15) is 0 Å². The van der Waals surface area contributed by atoms with E-state index < -0.39 is 20.0 Å². The monoisotopic (exact) mass is 856 g/mol. The minimum Gasteiger partial charge on any atom is -0.391 e. The number of hydrogen-bond acceptors (Lipinski definition) is 5. The first-order valence-electron chi connectivity index (χ1n) is 25.2. The number of aliphatic hydroxyl groups is 1. The highest BCUT2D eigenvalue weighted by Crippen LogP contribution is 2.43. The standard InChI is InChI=1S/C50H99N2O6P/c1-6-8-10-12-14-16-18-20-22-24-25-26-27-28-30-32-34-36-38-40-42-44-50(54)51-48(47-58-59(55,56)57-46-45-52(3,4)5)49(53)43-41-39-37-35-33-31-29-23-21-19-17-15-13-11-9-7-2/h8,10,14,16,48-49,53H,6-7,9,11-13,15,17-47H2,1-5H3,(H-,51,54,55,56)/p+1/b10-8-,16-14-. The molecule has 0 aromatic rings. The number of nitrogens with one attached hydrogen (secondary N) is 1. The molecule has 0 aromatic heterocycles. The fraction of sp³-hybridized carbons (Fsp3) is 0.900. The second kappa shape index (κ2) is 42.3. The first-order chi connectivity index (χ1) is 28.5. The molecule has 8 nitrogen and oxygen atoms in total. The number of carbonyl (C=O) groups excluding carboxylic acids is 1. The summed E-state index contributed by atoms with van der Waals surface area (Å²) in [5, 5.41) is 14.0. The number of quaternary nitrogens is 1. The predicted molar refractivity (Wildman–Crippen MR) is 254 cm³/mol. The van der Waals surface area contributed by atoms with Crippen LogP contribution < -0.4 is 5.32 Å². The summed E-state index contributed by atoms with van der Waals surface area (Å²) < 4.78 is 23.7. The van der Waals surface area contributed by atoms with Gasteiger partial charge in [0.05, 0.1) is 39.9 Å².